The van der Waals surface area contributed by atoms with E-state index in [0.717, 1.165) is 46.6 Å². The quantitative estimate of drug-likeness (QED) is 0.470. The maximum Gasteiger partial charge on any atom is 0.276 e. The Morgan fingerprint density at radius 3 is 2.61 bits per heavy atom. The minimum absolute atomic E-state index is 0.129. The number of fused-ring (bicyclic) bond motifs is 2. The van der Waals surface area contributed by atoms with Crippen LogP contribution in [0.5, 0.6) is 0 Å². The van der Waals surface area contributed by atoms with Crippen molar-refractivity contribution in [1.29, 1.82) is 0 Å². The fraction of sp³-hybridized carbons (Fsp3) is 0.217. The van der Waals surface area contributed by atoms with Gasteiger partial charge in [0.1, 0.15) is 12.4 Å². The fourth-order valence-electron chi connectivity index (χ4n) is 4.12. The maximum absolute atomic E-state index is 13.2. The summed E-state index contributed by atoms with van der Waals surface area (Å²) in [5, 5.41) is 8.24. The molecular formula is C23H21N3O3S2. The molecule has 6 nitrogen and oxygen atoms in total. The third-order valence-electron chi connectivity index (χ3n) is 5.62. The summed E-state index contributed by atoms with van der Waals surface area (Å²) >= 11 is 1.60. The molecule has 8 heteroatoms. The summed E-state index contributed by atoms with van der Waals surface area (Å²) in [5.74, 6) is 0. The highest BCUT2D eigenvalue weighted by atomic mass is 32.2. The fourth-order valence-corrected chi connectivity index (χ4v) is 5.51. The average molecular weight is 452 g/mol. The van der Waals surface area contributed by atoms with Crippen LogP contribution in [0.15, 0.2) is 69.7 Å². The first-order chi connectivity index (χ1) is 14.9. The highest BCUT2D eigenvalue weighted by Gasteiger charge is 2.21. The Bertz CT molecular complexity index is 1440. The molecule has 0 N–H and O–H groups in total. The predicted octanol–water partition coefficient (Wildman–Crippen LogP) is 3.94. The number of aryl methyl sites for hydroxylation is 1. The summed E-state index contributed by atoms with van der Waals surface area (Å²) in [4.78, 5) is 16.7. The number of thiophene rings is 1. The van der Waals surface area contributed by atoms with Crippen molar-refractivity contribution in [2.45, 2.75) is 24.4 Å². The van der Waals surface area contributed by atoms with E-state index in [9.17, 15) is 13.2 Å². The number of nitrogens with zero attached hydrogens (tertiary/aromatic N) is 3. The second-order valence-electron chi connectivity index (χ2n) is 7.75. The van der Waals surface area contributed by atoms with Crippen LogP contribution in [0.3, 0.4) is 0 Å². The zero-order valence-electron chi connectivity index (χ0n) is 17.0. The van der Waals surface area contributed by atoms with Crippen molar-refractivity contribution < 1.29 is 8.42 Å². The smallest absolute Gasteiger partial charge is 0.276 e. The van der Waals surface area contributed by atoms with Crippen molar-refractivity contribution in [2.24, 2.45) is 0 Å². The van der Waals surface area contributed by atoms with Crippen molar-refractivity contribution in [1.82, 2.24) is 9.78 Å². The lowest BCUT2D eigenvalue weighted by molar-refractivity contribution is 0.534. The summed E-state index contributed by atoms with van der Waals surface area (Å²) in [5.41, 5.74) is 2.62. The SMILES string of the molecule is CS(=O)(=O)c1ccc2c(c1)CCCN2Cn1nc(-c2cccs2)c2ccccc2c1=O. The Hall–Kier alpha value is -2.97. The van der Waals surface area contributed by atoms with Gasteiger partial charge in [0.15, 0.2) is 9.84 Å². The largest absolute Gasteiger partial charge is 0.352 e. The third kappa shape index (κ3) is 3.66. The summed E-state index contributed by atoms with van der Waals surface area (Å²) in [7, 11) is -3.26. The van der Waals surface area contributed by atoms with E-state index in [0.29, 0.717) is 17.0 Å². The van der Waals surface area contributed by atoms with Crippen LogP contribution in [0.1, 0.15) is 12.0 Å². The number of benzene rings is 2. The molecule has 0 saturated heterocycles. The Morgan fingerprint density at radius 2 is 1.87 bits per heavy atom. The van der Waals surface area contributed by atoms with Gasteiger partial charge in [-0.25, -0.2) is 13.1 Å². The molecule has 0 atom stereocenters. The molecule has 158 valence electrons. The molecule has 1 aliphatic heterocycles. The van der Waals surface area contributed by atoms with Gasteiger partial charge in [-0.1, -0.05) is 24.3 Å². The summed E-state index contributed by atoms with van der Waals surface area (Å²) < 4.78 is 25.4. The number of aromatic nitrogens is 2. The first-order valence-electron chi connectivity index (χ1n) is 10.0. The number of rotatable bonds is 4. The molecule has 0 saturated carbocycles. The van der Waals surface area contributed by atoms with Gasteiger partial charge >= 0.3 is 0 Å². The lowest BCUT2D eigenvalue weighted by Gasteiger charge is -2.31. The van der Waals surface area contributed by atoms with Crippen LogP contribution in [-0.2, 0) is 22.9 Å². The molecule has 0 amide bonds. The first-order valence-corrected chi connectivity index (χ1v) is 12.8. The van der Waals surface area contributed by atoms with E-state index < -0.39 is 9.84 Å². The van der Waals surface area contributed by atoms with E-state index in [2.05, 4.69) is 4.90 Å². The van der Waals surface area contributed by atoms with Gasteiger partial charge in [0.05, 0.1) is 15.2 Å². The van der Waals surface area contributed by atoms with Crippen LogP contribution < -0.4 is 10.5 Å². The molecule has 31 heavy (non-hydrogen) atoms. The van der Waals surface area contributed by atoms with Gasteiger partial charge in [0, 0.05) is 23.9 Å². The molecule has 0 unspecified atom stereocenters. The van der Waals surface area contributed by atoms with Crippen LogP contribution in [0.25, 0.3) is 21.3 Å². The Kier molecular flexibility index (Phi) is 4.91. The second-order valence-corrected chi connectivity index (χ2v) is 10.7. The minimum Gasteiger partial charge on any atom is -0.352 e. The number of anilines is 1. The third-order valence-corrected chi connectivity index (χ3v) is 7.61. The van der Waals surface area contributed by atoms with E-state index >= 15 is 0 Å². The van der Waals surface area contributed by atoms with E-state index in [1.165, 1.54) is 10.9 Å². The van der Waals surface area contributed by atoms with Crippen molar-refractivity contribution in [3.63, 3.8) is 0 Å². The van der Waals surface area contributed by atoms with Gasteiger partial charge in [-0.15, -0.1) is 11.3 Å². The van der Waals surface area contributed by atoms with Crippen LogP contribution >= 0.6 is 11.3 Å². The summed E-state index contributed by atoms with van der Waals surface area (Å²) in [6, 6.07) is 16.8. The van der Waals surface area contributed by atoms with E-state index in [-0.39, 0.29) is 5.56 Å². The highest BCUT2D eigenvalue weighted by molar-refractivity contribution is 7.90. The first kappa shape index (κ1) is 20.0. The van der Waals surface area contributed by atoms with Gasteiger partial charge < -0.3 is 4.90 Å². The van der Waals surface area contributed by atoms with Gasteiger partial charge in [0.25, 0.3) is 5.56 Å². The maximum atomic E-state index is 13.2. The van der Waals surface area contributed by atoms with Gasteiger partial charge in [-0.3, -0.25) is 4.79 Å². The molecule has 0 radical (unpaired) electrons. The molecule has 3 heterocycles. The molecular weight excluding hydrogens is 430 g/mol. The molecule has 0 spiro atoms. The van der Waals surface area contributed by atoms with Gasteiger partial charge in [-0.2, -0.15) is 5.10 Å². The Balaban J connectivity index is 1.60. The van der Waals surface area contributed by atoms with Crippen molar-refractivity contribution >= 4 is 37.6 Å². The highest BCUT2D eigenvalue weighted by Crippen LogP contribution is 2.31. The molecule has 0 fully saturated rings. The molecule has 0 bridgehead atoms. The summed E-state index contributed by atoms with van der Waals surface area (Å²) in [6.45, 7) is 1.09. The lowest BCUT2D eigenvalue weighted by Crippen LogP contribution is -2.37. The monoisotopic (exact) mass is 451 g/mol. The standard InChI is InChI=1S/C23H21N3O3S2/c1-31(28,29)17-10-11-20-16(14-17)6-4-12-25(20)15-26-23(27)19-8-3-2-7-18(19)22(24-26)21-9-5-13-30-21/h2-3,5,7-11,13-14H,4,6,12,15H2,1H3. The van der Waals surface area contributed by atoms with Gasteiger partial charge in [-0.05, 0) is 54.1 Å². The minimum atomic E-state index is -3.26. The normalized spacial score (nSPS) is 14.0. The Labute approximate surface area is 184 Å². The molecule has 5 rings (SSSR count). The van der Waals surface area contributed by atoms with Crippen molar-refractivity contribution in [2.75, 3.05) is 17.7 Å². The van der Waals surface area contributed by atoms with Crippen LogP contribution in [0.2, 0.25) is 0 Å². The molecule has 0 aliphatic carbocycles. The topological polar surface area (TPSA) is 72.3 Å². The summed E-state index contributed by atoms with van der Waals surface area (Å²) in [6.07, 6.45) is 2.93. The van der Waals surface area contributed by atoms with Crippen molar-refractivity contribution in [3.05, 3.63) is 75.9 Å². The molecule has 2 aromatic carbocycles. The molecule has 2 aromatic heterocycles. The predicted molar refractivity (Wildman–Crippen MR) is 125 cm³/mol. The van der Waals surface area contributed by atoms with Crippen LogP contribution in [0, 0.1) is 0 Å². The van der Waals surface area contributed by atoms with Crippen LogP contribution in [0.4, 0.5) is 5.69 Å². The van der Waals surface area contributed by atoms with Gasteiger partial charge in [0.2, 0.25) is 0 Å². The zero-order chi connectivity index (χ0) is 21.6. The van der Waals surface area contributed by atoms with Crippen molar-refractivity contribution in [3.8, 4) is 10.6 Å². The van der Waals surface area contributed by atoms with E-state index in [4.69, 9.17) is 5.10 Å². The number of hydrogen-bond donors (Lipinski definition) is 0. The lowest BCUT2D eigenvalue weighted by atomic mass is 10.0. The number of hydrogen-bond acceptors (Lipinski definition) is 6. The molecule has 1 aliphatic rings. The number of sulfone groups is 1. The Morgan fingerprint density at radius 1 is 1.06 bits per heavy atom. The molecule has 4 aromatic rings. The zero-order valence-corrected chi connectivity index (χ0v) is 18.6. The second kappa shape index (κ2) is 7.62. The van der Waals surface area contributed by atoms with E-state index in [1.807, 2.05) is 47.8 Å². The van der Waals surface area contributed by atoms with Crippen LogP contribution in [-0.4, -0.2) is 31.0 Å². The van der Waals surface area contributed by atoms with E-state index in [1.54, 1.807) is 23.5 Å². The average Bonchev–Trinajstić information content (AvgIpc) is 3.29.